The summed E-state index contributed by atoms with van der Waals surface area (Å²) >= 11 is 0. The van der Waals surface area contributed by atoms with E-state index in [1.807, 2.05) is 24.3 Å². The molecule has 11 rings (SSSR count). The number of pyridine rings is 1. The van der Waals surface area contributed by atoms with Gasteiger partial charge in [-0.05, 0) is 64.7 Å². The maximum atomic E-state index is 6.34. The van der Waals surface area contributed by atoms with E-state index < -0.39 is 0 Å². The van der Waals surface area contributed by atoms with Gasteiger partial charge in [0.15, 0.2) is 17.5 Å². The number of para-hydroxylation sites is 3. The fraction of sp³-hybridized carbons (Fsp3) is 0. The number of nitrogens with zero attached hydrogens (tertiary/aromatic N) is 5. The van der Waals surface area contributed by atoms with Crippen LogP contribution in [0.25, 0.3) is 105 Å². The lowest BCUT2D eigenvalue weighted by atomic mass is 10.0. The van der Waals surface area contributed by atoms with Gasteiger partial charge in [0.2, 0.25) is 5.71 Å². The van der Waals surface area contributed by atoms with Gasteiger partial charge >= 0.3 is 0 Å². The molecule has 242 valence electrons. The van der Waals surface area contributed by atoms with Gasteiger partial charge in [0.05, 0.1) is 22.3 Å². The van der Waals surface area contributed by atoms with E-state index in [9.17, 15) is 0 Å². The van der Waals surface area contributed by atoms with Crippen molar-refractivity contribution in [1.29, 1.82) is 0 Å². The Balaban J connectivity index is 1.12. The van der Waals surface area contributed by atoms with Crippen LogP contribution in [-0.2, 0) is 0 Å². The van der Waals surface area contributed by atoms with Crippen molar-refractivity contribution in [2.75, 3.05) is 0 Å². The molecule has 0 saturated heterocycles. The van der Waals surface area contributed by atoms with Crippen LogP contribution >= 0.6 is 0 Å². The molecule has 6 heteroatoms. The second-order valence-corrected chi connectivity index (χ2v) is 13.1. The van der Waals surface area contributed by atoms with Gasteiger partial charge in [0.1, 0.15) is 5.58 Å². The third kappa shape index (κ3) is 4.38. The van der Waals surface area contributed by atoms with Gasteiger partial charge in [-0.15, -0.1) is 0 Å². The quantitative estimate of drug-likeness (QED) is 0.187. The molecule has 0 radical (unpaired) electrons. The number of hydrogen-bond donors (Lipinski definition) is 0. The summed E-state index contributed by atoms with van der Waals surface area (Å²) in [6, 6.07) is 54.9. The summed E-state index contributed by atoms with van der Waals surface area (Å²) in [4.78, 5) is 19.8. The fourth-order valence-corrected chi connectivity index (χ4v) is 7.67. The van der Waals surface area contributed by atoms with Crippen LogP contribution in [0.3, 0.4) is 0 Å². The molecule has 0 spiro atoms. The molecule has 0 saturated carbocycles. The van der Waals surface area contributed by atoms with Gasteiger partial charge in [0.25, 0.3) is 0 Å². The Bertz CT molecular complexity index is 3160. The van der Waals surface area contributed by atoms with Gasteiger partial charge < -0.3 is 8.98 Å². The normalized spacial score (nSPS) is 11.8. The van der Waals surface area contributed by atoms with E-state index in [0.29, 0.717) is 28.8 Å². The third-order valence-corrected chi connectivity index (χ3v) is 10.1. The summed E-state index contributed by atoms with van der Waals surface area (Å²) in [5, 5.41) is 8.92. The number of aromatic nitrogens is 5. The molecule has 0 atom stereocenters. The maximum absolute atomic E-state index is 6.34. The standard InChI is InChI=1S/C46H27N5O/c1-2-11-29-26-31(22-21-28(29)10-1)43-48-44(50-45(49-43)38-16-8-15-36-37-17-9-25-47-46(37)52-42(36)38)32-23-24-33-30(27-32)12-7-20-39(33)51-40-18-5-3-13-34(40)35-14-4-6-19-41(35)51/h1-27H. The fourth-order valence-electron chi connectivity index (χ4n) is 7.67. The third-order valence-electron chi connectivity index (χ3n) is 10.1. The first kappa shape index (κ1) is 28.6. The Hall–Kier alpha value is -7.18. The van der Waals surface area contributed by atoms with Gasteiger partial charge in [-0.1, -0.05) is 109 Å². The molecule has 0 unspecified atom stereocenters. The molecular formula is C46H27N5O. The van der Waals surface area contributed by atoms with Crippen molar-refractivity contribution < 1.29 is 4.42 Å². The maximum Gasteiger partial charge on any atom is 0.227 e. The highest BCUT2D eigenvalue weighted by molar-refractivity contribution is 6.11. The highest BCUT2D eigenvalue weighted by Gasteiger charge is 2.19. The van der Waals surface area contributed by atoms with Crippen LogP contribution < -0.4 is 0 Å². The zero-order valence-corrected chi connectivity index (χ0v) is 27.7. The van der Waals surface area contributed by atoms with Crippen LogP contribution in [-0.4, -0.2) is 24.5 Å². The molecule has 7 aromatic carbocycles. The first-order valence-electron chi connectivity index (χ1n) is 17.3. The zero-order valence-electron chi connectivity index (χ0n) is 27.7. The molecule has 0 N–H and O–H groups in total. The van der Waals surface area contributed by atoms with Crippen molar-refractivity contribution in [2.24, 2.45) is 0 Å². The summed E-state index contributed by atoms with van der Waals surface area (Å²) in [5.74, 6) is 1.72. The molecule has 4 aromatic heterocycles. The molecule has 4 heterocycles. The highest BCUT2D eigenvalue weighted by Crippen LogP contribution is 2.38. The van der Waals surface area contributed by atoms with Crippen LogP contribution in [0.5, 0.6) is 0 Å². The number of benzene rings is 7. The lowest BCUT2D eigenvalue weighted by Gasteiger charge is -2.13. The largest absolute Gasteiger partial charge is 0.437 e. The summed E-state index contributed by atoms with van der Waals surface area (Å²) in [6.45, 7) is 0. The van der Waals surface area contributed by atoms with Gasteiger partial charge in [-0.25, -0.2) is 19.9 Å². The number of hydrogen-bond acceptors (Lipinski definition) is 5. The van der Waals surface area contributed by atoms with Crippen molar-refractivity contribution in [3.8, 4) is 39.9 Å². The molecule has 6 nitrogen and oxygen atoms in total. The number of rotatable bonds is 4. The van der Waals surface area contributed by atoms with E-state index in [4.69, 9.17) is 19.4 Å². The topological polar surface area (TPSA) is 69.6 Å². The van der Waals surface area contributed by atoms with Crippen LogP contribution in [0.2, 0.25) is 0 Å². The lowest BCUT2D eigenvalue weighted by molar-refractivity contribution is 0.654. The van der Waals surface area contributed by atoms with Crippen molar-refractivity contribution in [2.45, 2.75) is 0 Å². The van der Waals surface area contributed by atoms with Gasteiger partial charge in [-0.2, -0.15) is 0 Å². The van der Waals surface area contributed by atoms with Gasteiger partial charge in [-0.3, -0.25) is 0 Å². The Morgan fingerprint density at radius 1 is 0.423 bits per heavy atom. The molecule has 0 aliphatic rings. The van der Waals surface area contributed by atoms with E-state index in [-0.39, 0.29) is 0 Å². The summed E-state index contributed by atoms with van der Waals surface area (Å²) in [7, 11) is 0. The smallest absolute Gasteiger partial charge is 0.227 e. The van der Waals surface area contributed by atoms with Crippen LogP contribution in [0.15, 0.2) is 168 Å². The molecule has 0 aliphatic heterocycles. The minimum absolute atomic E-state index is 0.539. The van der Waals surface area contributed by atoms with E-state index in [0.717, 1.165) is 54.7 Å². The predicted molar refractivity (Wildman–Crippen MR) is 211 cm³/mol. The first-order chi connectivity index (χ1) is 25.8. The highest BCUT2D eigenvalue weighted by atomic mass is 16.3. The van der Waals surface area contributed by atoms with Crippen molar-refractivity contribution >= 4 is 65.4 Å². The molecule has 0 aliphatic carbocycles. The monoisotopic (exact) mass is 665 g/mol. The van der Waals surface area contributed by atoms with E-state index in [1.54, 1.807) is 6.20 Å². The van der Waals surface area contributed by atoms with E-state index in [2.05, 4.69) is 143 Å². The lowest BCUT2D eigenvalue weighted by Crippen LogP contribution is -2.01. The molecular weight excluding hydrogens is 639 g/mol. The van der Waals surface area contributed by atoms with Crippen LogP contribution in [0.4, 0.5) is 0 Å². The van der Waals surface area contributed by atoms with Crippen LogP contribution in [0, 0.1) is 0 Å². The molecule has 11 aromatic rings. The Labute approximate surface area is 297 Å². The van der Waals surface area contributed by atoms with Crippen LogP contribution in [0.1, 0.15) is 0 Å². The van der Waals surface area contributed by atoms with E-state index >= 15 is 0 Å². The zero-order chi connectivity index (χ0) is 34.2. The molecule has 52 heavy (non-hydrogen) atoms. The van der Waals surface area contributed by atoms with Crippen molar-refractivity contribution in [3.63, 3.8) is 0 Å². The Morgan fingerprint density at radius 3 is 1.85 bits per heavy atom. The van der Waals surface area contributed by atoms with Gasteiger partial charge in [0, 0.05) is 44.3 Å². The number of furan rings is 1. The minimum Gasteiger partial charge on any atom is -0.437 e. The minimum atomic E-state index is 0.539. The summed E-state index contributed by atoms with van der Waals surface area (Å²) < 4.78 is 8.71. The summed E-state index contributed by atoms with van der Waals surface area (Å²) in [5.41, 5.74) is 7.37. The SMILES string of the molecule is c1ccc2cc(-c3nc(-c4ccc5c(-n6c7ccccc7c7ccccc76)cccc5c4)nc(-c4cccc5c4oc4ncccc45)n3)ccc2c1. The average molecular weight is 666 g/mol. The first-order valence-corrected chi connectivity index (χ1v) is 17.3. The molecule has 0 bridgehead atoms. The molecule has 0 amide bonds. The Kier molecular flexibility index (Phi) is 6.15. The summed E-state index contributed by atoms with van der Waals surface area (Å²) in [6.07, 6.45) is 1.75. The number of fused-ring (bicyclic) bond motifs is 8. The van der Waals surface area contributed by atoms with Crippen molar-refractivity contribution in [3.05, 3.63) is 164 Å². The Morgan fingerprint density at radius 2 is 1.04 bits per heavy atom. The van der Waals surface area contributed by atoms with E-state index in [1.165, 1.54) is 21.8 Å². The average Bonchev–Trinajstić information content (AvgIpc) is 3.76. The molecule has 0 fully saturated rings. The van der Waals surface area contributed by atoms with Crippen molar-refractivity contribution in [1.82, 2.24) is 24.5 Å². The second kappa shape index (κ2) is 11.2. The second-order valence-electron chi connectivity index (χ2n) is 13.1. The predicted octanol–water partition coefficient (Wildman–Crippen LogP) is 11.6.